The van der Waals surface area contributed by atoms with Gasteiger partial charge in [-0.3, -0.25) is 5.14 Å². The SMILES string of the molecule is C=C(C)/C(C#N)=C(/N)SN. The van der Waals surface area contributed by atoms with Gasteiger partial charge in [-0.25, -0.2) is 0 Å². The summed E-state index contributed by atoms with van der Waals surface area (Å²) >= 11 is 0.860. The molecule has 0 amide bonds. The molecule has 0 aromatic rings. The standard InChI is InChI=1S/C6H9N3S/c1-4(2)5(3-7)6(8)10-9/h1,8-9H2,2H3/b6-5-. The van der Waals surface area contributed by atoms with Crippen molar-refractivity contribution in [3.63, 3.8) is 0 Å². The molecule has 0 bridgehead atoms. The highest BCUT2D eigenvalue weighted by Gasteiger charge is 2.01. The lowest BCUT2D eigenvalue weighted by atomic mass is 10.2. The molecular formula is C6H9N3S. The Labute approximate surface area is 64.5 Å². The van der Waals surface area contributed by atoms with E-state index >= 15 is 0 Å². The van der Waals surface area contributed by atoms with Gasteiger partial charge in [-0.15, -0.1) is 0 Å². The van der Waals surface area contributed by atoms with Crippen LogP contribution >= 0.6 is 11.9 Å². The summed E-state index contributed by atoms with van der Waals surface area (Å²) in [5, 5.41) is 13.9. The number of hydrogen-bond donors (Lipinski definition) is 2. The van der Waals surface area contributed by atoms with Crippen LogP contribution in [-0.2, 0) is 0 Å². The monoisotopic (exact) mass is 155 g/mol. The van der Waals surface area contributed by atoms with Gasteiger partial charge in [0.25, 0.3) is 0 Å². The van der Waals surface area contributed by atoms with Crippen molar-refractivity contribution < 1.29 is 0 Å². The fraction of sp³-hybridized carbons (Fsp3) is 0.167. The van der Waals surface area contributed by atoms with Crippen LogP contribution in [0.4, 0.5) is 0 Å². The Morgan fingerprint density at radius 2 is 2.20 bits per heavy atom. The summed E-state index contributed by atoms with van der Waals surface area (Å²) in [7, 11) is 0. The second-order valence-electron chi connectivity index (χ2n) is 1.75. The van der Waals surface area contributed by atoms with E-state index in [2.05, 4.69) is 6.58 Å². The summed E-state index contributed by atoms with van der Waals surface area (Å²) < 4.78 is 0. The first-order valence-electron chi connectivity index (χ1n) is 2.56. The van der Waals surface area contributed by atoms with Gasteiger partial charge in [0.2, 0.25) is 0 Å². The van der Waals surface area contributed by atoms with E-state index in [4.69, 9.17) is 16.1 Å². The molecule has 0 aromatic heterocycles. The van der Waals surface area contributed by atoms with Gasteiger partial charge in [-0.2, -0.15) is 5.26 Å². The van der Waals surface area contributed by atoms with Crippen LogP contribution in [0.15, 0.2) is 22.8 Å². The third-order valence-corrected chi connectivity index (χ3v) is 1.37. The van der Waals surface area contributed by atoms with E-state index in [0.29, 0.717) is 16.2 Å². The van der Waals surface area contributed by atoms with Gasteiger partial charge in [0.05, 0.1) is 10.6 Å². The molecule has 0 atom stereocenters. The predicted octanol–water partition coefficient (Wildman–Crippen LogP) is 0.863. The molecule has 0 heterocycles. The Bertz CT molecular complexity index is 212. The maximum atomic E-state index is 8.48. The van der Waals surface area contributed by atoms with Crippen LogP contribution in [0.5, 0.6) is 0 Å². The summed E-state index contributed by atoms with van der Waals surface area (Å²) in [5.74, 6) is 0. The van der Waals surface area contributed by atoms with Crippen LogP contribution < -0.4 is 10.9 Å². The first-order chi connectivity index (χ1) is 4.63. The van der Waals surface area contributed by atoms with Crippen molar-refractivity contribution in [3.8, 4) is 6.07 Å². The molecule has 54 valence electrons. The Morgan fingerprint density at radius 3 is 2.30 bits per heavy atom. The van der Waals surface area contributed by atoms with Crippen LogP contribution in [0.25, 0.3) is 0 Å². The molecular weight excluding hydrogens is 146 g/mol. The lowest BCUT2D eigenvalue weighted by Gasteiger charge is -1.98. The normalized spacial score (nSPS) is 11.7. The number of rotatable bonds is 2. The van der Waals surface area contributed by atoms with Crippen molar-refractivity contribution in [2.75, 3.05) is 0 Å². The summed E-state index contributed by atoms with van der Waals surface area (Å²) in [5.41, 5.74) is 6.37. The minimum Gasteiger partial charge on any atom is -0.391 e. The van der Waals surface area contributed by atoms with E-state index < -0.39 is 0 Å². The lowest BCUT2D eigenvalue weighted by Crippen LogP contribution is -2.00. The molecule has 0 aliphatic heterocycles. The summed E-state index contributed by atoms with van der Waals surface area (Å²) in [6, 6.07) is 1.91. The fourth-order valence-corrected chi connectivity index (χ4v) is 0.757. The Morgan fingerprint density at radius 1 is 1.70 bits per heavy atom. The molecule has 0 unspecified atom stereocenters. The second kappa shape index (κ2) is 3.99. The molecule has 0 spiro atoms. The molecule has 0 rings (SSSR count). The van der Waals surface area contributed by atoms with Gasteiger partial charge in [0, 0.05) is 0 Å². The highest BCUT2D eigenvalue weighted by molar-refractivity contribution is 8.00. The molecule has 0 fully saturated rings. The molecule has 0 aliphatic carbocycles. The molecule has 3 nitrogen and oxygen atoms in total. The molecule has 4 heteroatoms. The molecule has 0 aromatic carbocycles. The summed E-state index contributed by atoms with van der Waals surface area (Å²) in [6.07, 6.45) is 0. The van der Waals surface area contributed by atoms with Gasteiger partial charge in [-0.1, -0.05) is 6.58 Å². The van der Waals surface area contributed by atoms with E-state index in [1.807, 2.05) is 6.07 Å². The fourth-order valence-electron chi connectivity index (χ4n) is 0.420. The average molecular weight is 155 g/mol. The van der Waals surface area contributed by atoms with Crippen LogP contribution in [0, 0.1) is 11.3 Å². The molecule has 0 aliphatic rings. The topological polar surface area (TPSA) is 75.8 Å². The lowest BCUT2D eigenvalue weighted by molar-refractivity contribution is 1.36. The van der Waals surface area contributed by atoms with Crippen molar-refractivity contribution in [1.29, 1.82) is 5.26 Å². The van der Waals surface area contributed by atoms with E-state index in [9.17, 15) is 0 Å². The van der Waals surface area contributed by atoms with E-state index in [0.717, 1.165) is 11.9 Å². The maximum Gasteiger partial charge on any atom is 0.102 e. The van der Waals surface area contributed by atoms with Gasteiger partial charge >= 0.3 is 0 Å². The molecule has 4 N–H and O–H groups in total. The van der Waals surface area contributed by atoms with Crippen molar-refractivity contribution in [3.05, 3.63) is 22.8 Å². The highest BCUT2D eigenvalue weighted by atomic mass is 32.2. The minimum absolute atomic E-state index is 0.315. The number of nitrogens with zero attached hydrogens (tertiary/aromatic N) is 1. The van der Waals surface area contributed by atoms with Gasteiger partial charge < -0.3 is 5.73 Å². The second-order valence-corrected chi connectivity index (χ2v) is 2.42. The van der Waals surface area contributed by atoms with Crippen LogP contribution in [0.3, 0.4) is 0 Å². The van der Waals surface area contributed by atoms with E-state index in [-0.39, 0.29) is 0 Å². The Hall–Kier alpha value is -0.920. The largest absolute Gasteiger partial charge is 0.391 e. The molecule has 0 radical (unpaired) electrons. The zero-order valence-electron chi connectivity index (χ0n) is 5.72. The summed E-state index contributed by atoms with van der Waals surface area (Å²) in [4.78, 5) is 0. The van der Waals surface area contributed by atoms with Crippen molar-refractivity contribution in [1.82, 2.24) is 0 Å². The number of nitriles is 1. The van der Waals surface area contributed by atoms with E-state index in [1.165, 1.54) is 0 Å². The zero-order valence-corrected chi connectivity index (χ0v) is 6.53. The molecule has 0 saturated carbocycles. The van der Waals surface area contributed by atoms with E-state index in [1.54, 1.807) is 6.92 Å². The van der Waals surface area contributed by atoms with Crippen molar-refractivity contribution >= 4 is 11.9 Å². The Kier molecular flexibility index (Phi) is 3.62. The third-order valence-electron chi connectivity index (χ3n) is 0.912. The summed E-state index contributed by atoms with van der Waals surface area (Å²) in [6.45, 7) is 5.28. The van der Waals surface area contributed by atoms with Gasteiger partial charge in [0.1, 0.15) is 6.07 Å². The Balaban J connectivity index is 4.68. The number of allylic oxidation sites excluding steroid dienone is 2. The van der Waals surface area contributed by atoms with Gasteiger partial charge in [-0.05, 0) is 24.4 Å². The predicted molar refractivity (Wildman–Crippen MR) is 43.4 cm³/mol. The minimum atomic E-state index is 0.315. The van der Waals surface area contributed by atoms with Crippen molar-refractivity contribution in [2.24, 2.45) is 10.9 Å². The quantitative estimate of drug-likeness (QED) is 0.352. The number of hydrogen-bond acceptors (Lipinski definition) is 4. The molecule has 0 saturated heterocycles. The average Bonchev–Trinajstić information content (AvgIpc) is 1.88. The van der Waals surface area contributed by atoms with Crippen LogP contribution in [0.1, 0.15) is 6.92 Å². The smallest absolute Gasteiger partial charge is 0.102 e. The first kappa shape index (κ1) is 9.08. The molecule has 10 heavy (non-hydrogen) atoms. The maximum absolute atomic E-state index is 8.48. The number of nitrogens with two attached hydrogens (primary N) is 2. The third kappa shape index (κ3) is 2.13. The van der Waals surface area contributed by atoms with Gasteiger partial charge in [0.15, 0.2) is 0 Å². The highest BCUT2D eigenvalue weighted by Crippen LogP contribution is 2.13. The van der Waals surface area contributed by atoms with Crippen molar-refractivity contribution in [2.45, 2.75) is 6.92 Å². The van der Waals surface area contributed by atoms with Crippen LogP contribution in [-0.4, -0.2) is 0 Å². The van der Waals surface area contributed by atoms with Crippen LogP contribution in [0.2, 0.25) is 0 Å². The first-order valence-corrected chi connectivity index (χ1v) is 3.44. The zero-order chi connectivity index (χ0) is 8.15.